The first-order valence-electron chi connectivity index (χ1n) is 21.9. The summed E-state index contributed by atoms with van der Waals surface area (Å²) >= 11 is 0. The number of carboxylic acid groups (broad SMARTS) is 1. The molecule has 2 aliphatic heterocycles. The Balaban J connectivity index is 0.987. The van der Waals surface area contributed by atoms with Crippen LogP contribution in [0.2, 0.25) is 0 Å². The molecule has 1 fully saturated rings. The zero-order chi connectivity index (χ0) is 46.0. The number of carboxylic acids is 1. The summed E-state index contributed by atoms with van der Waals surface area (Å²) in [6, 6.07) is 3.50. The van der Waals surface area contributed by atoms with E-state index in [1.807, 2.05) is 0 Å². The normalized spacial score (nSPS) is 14.8. The van der Waals surface area contributed by atoms with Gasteiger partial charge < -0.3 is 57.8 Å². The van der Waals surface area contributed by atoms with E-state index >= 15 is 0 Å². The average molecular weight is 912 g/mol. The van der Waals surface area contributed by atoms with Gasteiger partial charge in [0.05, 0.1) is 129 Å². The number of carbonyl (C=O) groups is 7. The van der Waals surface area contributed by atoms with Crippen molar-refractivity contribution in [1.82, 2.24) is 10.2 Å². The van der Waals surface area contributed by atoms with Gasteiger partial charge >= 0.3 is 11.9 Å². The van der Waals surface area contributed by atoms with Gasteiger partial charge in [0.25, 0.3) is 11.8 Å². The molecule has 0 spiro atoms. The van der Waals surface area contributed by atoms with E-state index in [1.54, 1.807) is 12.1 Å². The number of nitrogens with zero attached hydrogens (tertiary/aromatic N) is 1. The third-order valence-corrected chi connectivity index (χ3v) is 9.42. The van der Waals surface area contributed by atoms with Crippen LogP contribution >= 0.6 is 0 Å². The Hall–Kier alpha value is -4.45. The number of amides is 5. The summed E-state index contributed by atoms with van der Waals surface area (Å²) in [5.74, 6) is -3.98. The maximum Gasteiger partial charge on any atom is 0.305 e. The van der Waals surface area contributed by atoms with Crippen LogP contribution in [0, 0.1) is 0 Å². The second kappa shape index (κ2) is 34.0. The standard InChI is InChI=1S/C43H65N3O18/c47-36(44-34-8-6-7-33-40(34)43(54)46(42(33)53)35-12-13-37(48)45-41(35)52)9-2-1-5-14-55-15-16-56-17-18-57-19-20-58-21-22-59-23-24-60-25-26-61-27-28-62-29-30-63-31-32-64-39(51)11-4-3-10-38(49)50/h6-8,35H,1-5,9-32H2,(H,44,47)(H,49,50)(H,45,48,52). The monoisotopic (exact) mass is 911 g/mol. The smallest absolute Gasteiger partial charge is 0.305 e. The molecule has 64 heavy (non-hydrogen) atoms. The lowest BCUT2D eigenvalue weighted by molar-refractivity contribution is -0.146. The summed E-state index contributed by atoms with van der Waals surface area (Å²) in [5, 5.41) is 13.5. The van der Waals surface area contributed by atoms with Crippen molar-refractivity contribution < 1.29 is 86.0 Å². The van der Waals surface area contributed by atoms with Gasteiger partial charge in [0.15, 0.2) is 0 Å². The molecule has 3 N–H and O–H groups in total. The van der Waals surface area contributed by atoms with Gasteiger partial charge in [-0.25, -0.2) is 0 Å². The first-order chi connectivity index (χ1) is 31.2. The minimum absolute atomic E-state index is 0.0219. The Bertz CT molecular complexity index is 1580. The van der Waals surface area contributed by atoms with Crippen molar-refractivity contribution in [2.45, 2.75) is 70.3 Å². The van der Waals surface area contributed by atoms with Gasteiger partial charge in [-0.3, -0.25) is 43.8 Å². The van der Waals surface area contributed by atoms with E-state index in [-0.39, 0.29) is 74.0 Å². The maximum atomic E-state index is 13.2. The number of aliphatic carboxylic acids is 1. The van der Waals surface area contributed by atoms with Gasteiger partial charge in [0, 0.05) is 32.3 Å². The second-order valence-electron chi connectivity index (χ2n) is 14.4. The van der Waals surface area contributed by atoms with E-state index < -0.39 is 35.6 Å². The third kappa shape index (κ3) is 22.9. The summed E-state index contributed by atoms with van der Waals surface area (Å²) in [6.07, 6.45) is 3.58. The van der Waals surface area contributed by atoms with Crippen molar-refractivity contribution in [2.75, 3.05) is 131 Å². The number of fused-ring (bicyclic) bond motifs is 1. The number of nitrogens with one attached hydrogen (secondary N) is 2. The highest BCUT2D eigenvalue weighted by molar-refractivity contribution is 6.26. The molecule has 0 aliphatic carbocycles. The fourth-order valence-corrected chi connectivity index (χ4v) is 6.19. The summed E-state index contributed by atoms with van der Waals surface area (Å²) < 4.78 is 54.3. The van der Waals surface area contributed by atoms with Crippen molar-refractivity contribution in [2.24, 2.45) is 0 Å². The lowest BCUT2D eigenvalue weighted by Gasteiger charge is -2.27. The van der Waals surface area contributed by atoms with E-state index in [1.165, 1.54) is 6.07 Å². The topological polar surface area (TPSA) is 259 Å². The van der Waals surface area contributed by atoms with Crippen LogP contribution in [0.4, 0.5) is 5.69 Å². The number of hydrogen-bond acceptors (Lipinski definition) is 17. The second-order valence-corrected chi connectivity index (χ2v) is 14.4. The van der Waals surface area contributed by atoms with E-state index in [4.69, 9.17) is 52.5 Å². The lowest BCUT2D eigenvalue weighted by atomic mass is 10.0. The number of hydrogen-bond donors (Lipinski definition) is 3. The molecule has 5 amide bonds. The van der Waals surface area contributed by atoms with Gasteiger partial charge in [0.1, 0.15) is 12.6 Å². The fourth-order valence-electron chi connectivity index (χ4n) is 6.19. The molecule has 2 aliphatic rings. The Labute approximate surface area is 373 Å². The zero-order valence-electron chi connectivity index (χ0n) is 36.7. The molecular weight excluding hydrogens is 846 g/mol. The number of ether oxygens (including phenoxy) is 10. The molecule has 1 atom stereocenters. The Morgan fingerprint density at radius 1 is 0.578 bits per heavy atom. The van der Waals surface area contributed by atoms with Gasteiger partial charge in [-0.15, -0.1) is 0 Å². The number of benzene rings is 1. The molecule has 3 rings (SSSR count). The minimum atomic E-state index is -1.08. The molecule has 0 bridgehead atoms. The van der Waals surface area contributed by atoms with Crippen LogP contribution in [0.15, 0.2) is 18.2 Å². The lowest BCUT2D eigenvalue weighted by Crippen LogP contribution is -2.54. The van der Waals surface area contributed by atoms with E-state index in [2.05, 4.69) is 10.6 Å². The van der Waals surface area contributed by atoms with E-state index in [9.17, 15) is 33.6 Å². The number of carbonyl (C=O) groups excluding carboxylic acids is 6. The van der Waals surface area contributed by atoms with Crippen molar-refractivity contribution in [3.05, 3.63) is 29.3 Å². The minimum Gasteiger partial charge on any atom is -0.481 e. The highest BCUT2D eigenvalue weighted by atomic mass is 16.6. The molecule has 0 aromatic heterocycles. The van der Waals surface area contributed by atoms with Crippen molar-refractivity contribution >= 4 is 47.2 Å². The number of esters is 1. The zero-order valence-corrected chi connectivity index (χ0v) is 36.7. The van der Waals surface area contributed by atoms with Crippen LogP contribution in [-0.2, 0) is 71.3 Å². The number of unbranched alkanes of at least 4 members (excludes halogenated alkanes) is 3. The van der Waals surface area contributed by atoms with Crippen molar-refractivity contribution in [3.8, 4) is 0 Å². The predicted molar refractivity (Wildman–Crippen MR) is 225 cm³/mol. The molecule has 1 aromatic rings. The van der Waals surface area contributed by atoms with Gasteiger partial charge in [-0.1, -0.05) is 12.5 Å². The maximum absolute atomic E-state index is 13.2. The summed E-state index contributed by atoms with van der Waals surface area (Å²) in [5.41, 5.74) is 0.360. The van der Waals surface area contributed by atoms with E-state index in [0.717, 1.165) is 17.7 Å². The third-order valence-electron chi connectivity index (χ3n) is 9.42. The first kappa shape index (κ1) is 53.9. The summed E-state index contributed by atoms with van der Waals surface area (Å²) in [4.78, 5) is 85.5. The van der Waals surface area contributed by atoms with Crippen LogP contribution in [0.25, 0.3) is 0 Å². The Morgan fingerprint density at radius 2 is 1.05 bits per heavy atom. The van der Waals surface area contributed by atoms with Crippen molar-refractivity contribution in [1.29, 1.82) is 0 Å². The summed E-state index contributed by atoms with van der Waals surface area (Å²) in [6.45, 7) is 7.80. The van der Waals surface area contributed by atoms with Crippen molar-refractivity contribution in [3.63, 3.8) is 0 Å². The van der Waals surface area contributed by atoms with Crippen LogP contribution in [-0.4, -0.2) is 183 Å². The molecule has 1 saturated heterocycles. The van der Waals surface area contributed by atoms with Gasteiger partial charge in [-0.2, -0.15) is 0 Å². The highest BCUT2D eigenvalue weighted by Crippen LogP contribution is 2.32. The van der Waals surface area contributed by atoms with Gasteiger partial charge in [0.2, 0.25) is 17.7 Å². The number of imide groups is 2. The highest BCUT2D eigenvalue weighted by Gasteiger charge is 2.45. The summed E-state index contributed by atoms with van der Waals surface area (Å²) in [7, 11) is 0. The SMILES string of the molecule is O=C(O)CCCCC(=O)OCCOCCOCCOCCOCCOCCOCCOCCOCCOCCCCCC(=O)Nc1cccc2c1C(=O)N(C1CCC(=O)NC1=O)C2=O. The molecule has 1 unspecified atom stereocenters. The Morgan fingerprint density at radius 3 is 1.55 bits per heavy atom. The molecule has 2 heterocycles. The number of anilines is 1. The first-order valence-corrected chi connectivity index (χ1v) is 21.9. The molecule has 21 nitrogen and oxygen atoms in total. The van der Waals surface area contributed by atoms with Crippen LogP contribution in [0.1, 0.15) is 84.9 Å². The van der Waals surface area contributed by atoms with Crippen LogP contribution in [0.5, 0.6) is 0 Å². The molecular formula is C43H65N3O18. The van der Waals surface area contributed by atoms with Crippen LogP contribution in [0.3, 0.4) is 0 Å². The van der Waals surface area contributed by atoms with E-state index in [0.29, 0.717) is 132 Å². The molecule has 21 heteroatoms. The van der Waals surface area contributed by atoms with Gasteiger partial charge in [-0.05, 0) is 44.2 Å². The van der Waals surface area contributed by atoms with Crippen LogP contribution < -0.4 is 10.6 Å². The fraction of sp³-hybridized carbons (Fsp3) is 0.698. The molecule has 360 valence electrons. The average Bonchev–Trinajstić information content (AvgIpc) is 3.52. The predicted octanol–water partition coefficient (Wildman–Crippen LogP) is 1.92. The molecule has 0 saturated carbocycles. The Kier molecular flexibility index (Phi) is 28.6. The number of rotatable bonds is 40. The largest absolute Gasteiger partial charge is 0.481 e. The molecule has 1 aromatic carbocycles. The number of piperidine rings is 1. The molecule has 0 radical (unpaired) electrons. The quantitative estimate of drug-likeness (QED) is 0.0483.